The second-order valence-corrected chi connectivity index (χ2v) is 6.95. The molecule has 0 unspecified atom stereocenters. The Morgan fingerprint density at radius 1 is 1.30 bits per heavy atom. The van der Waals surface area contributed by atoms with Crippen LogP contribution in [0.25, 0.3) is 16.8 Å². The molecule has 134 valence electrons. The van der Waals surface area contributed by atoms with Gasteiger partial charge >= 0.3 is 0 Å². The Bertz CT molecular complexity index is 1090. The van der Waals surface area contributed by atoms with Gasteiger partial charge in [-0.3, -0.25) is 10.1 Å². The lowest BCUT2D eigenvalue weighted by Gasteiger charge is -2.02. The number of hydrogen-bond donors (Lipinski definition) is 1. The molecule has 0 saturated carbocycles. The van der Waals surface area contributed by atoms with E-state index in [0.717, 1.165) is 0 Å². The number of anilines is 1. The summed E-state index contributed by atoms with van der Waals surface area (Å²) in [6.45, 7) is 0. The van der Waals surface area contributed by atoms with Crippen molar-refractivity contribution in [2.24, 2.45) is 0 Å². The summed E-state index contributed by atoms with van der Waals surface area (Å²) in [5.41, 5.74) is 1.76. The standard InChI is InChI=1S/C18H10Cl2N4O2S/c19-12-5-6-13(14(20)7-12)16-10-27-18(23-16)11(8-21)9-22-15-3-1-2-4-17(15)24(25)26/h1-7,9-10,22H. The highest BCUT2D eigenvalue weighted by Crippen LogP contribution is 2.33. The van der Waals surface area contributed by atoms with E-state index in [-0.39, 0.29) is 16.9 Å². The Morgan fingerprint density at radius 3 is 2.78 bits per heavy atom. The summed E-state index contributed by atoms with van der Waals surface area (Å²) in [5.74, 6) is 0. The normalized spacial score (nSPS) is 11.1. The number of nitro groups is 1. The summed E-state index contributed by atoms with van der Waals surface area (Å²) in [6.07, 6.45) is 1.40. The van der Waals surface area contributed by atoms with E-state index in [1.165, 1.54) is 23.6 Å². The average Bonchev–Trinajstić information content (AvgIpc) is 3.12. The third kappa shape index (κ3) is 4.26. The third-order valence-electron chi connectivity index (χ3n) is 3.53. The molecule has 0 aliphatic heterocycles. The van der Waals surface area contributed by atoms with E-state index in [1.54, 1.807) is 41.8 Å². The molecule has 0 spiro atoms. The van der Waals surface area contributed by atoms with Crippen LogP contribution in [0.4, 0.5) is 11.4 Å². The number of halogens is 2. The fraction of sp³-hybridized carbons (Fsp3) is 0. The average molecular weight is 417 g/mol. The predicted octanol–water partition coefficient (Wildman–Crippen LogP) is 6.00. The van der Waals surface area contributed by atoms with Crippen LogP contribution in [0.1, 0.15) is 5.01 Å². The fourth-order valence-corrected chi connectivity index (χ4v) is 3.56. The number of nitrogens with one attached hydrogen (secondary N) is 1. The number of rotatable bonds is 5. The van der Waals surface area contributed by atoms with Gasteiger partial charge in [0.1, 0.15) is 22.3 Å². The van der Waals surface area contributed by atoms with Gasteiger partial charge in [-0.1, -0.05) is 35.3 Å². The summed E-state index contributed by atoms with van der Waals surface area (Å²) in [7, 11) is 0. The van der Waals surface area contributed by atoms with Gasteiger partial charge < -0.3 is 5.32 Å². The van der Waals surface area contributed by atoms with Crippen molar-refractivity contribution < 1.29 is 4.92 Å². The number of thiazole rings is 1. The van der Waals surface area contributed by atoms with Crippen molar-refractivity contribution in [3.63, 3.8) is 0 Å². The lowest BCUT2D eigenvalue weighted by atomic mass is 10.2. The van der Waals surface area contributed by atoms with Crippen LogP contribution in [-0.2, 0) is 0 Å². The van der Waals surface area contributed by atoms with Crippen LogP contribution >= 0.6 is 34.5 Å². The third-order valence-corrected chi connectivity index (χ3v) is 4.96. The largest absolute Gasteiger partial charge is 0.355 e. The SMILES string of the molecule is N#CC(=CNc1ccccc1[N+](=O)[O-])c1nc(-c2ccc(Cl)cc2Cl)cs1. The fourth-order valence-electron chi connectivity index (χ4n) is 2.27. The molecular formula is C18H10Cl2N4O2S. The molecule has 0 atom stereocenters. The zero-order chi connectivity index (χ0) is 19.4. The lowest BCUT2D eigenvalue weighted by molar-refractivity contribution is -0.383. The molecule has 3 aromatic rings. The first-order valence-electron chi connectivity index (χ1n) is 7.51. The predicted molar refractivity (Wildman–Crippen MR) is 108 cm³/mol. The Balaban J connectivity index is 1.89. The Labute approximate surface area is 168 Å². The van der Waals surface area contributed by atoms with E-state index in [0.29, 0.717) is 26.3 Å². The Morgan fingerprint density at radius 2 is 2.07 bits per heavy atom. The zero-order valence-corrected chi connectivity index (χ0v) is 15.8. The highest BCUT2D eigenvalue weighted by Gasteiger charge is 2.14. The number of aromatic nitrogens is 1. The van der Waals surface area contributed by atoms with Crippen molar-refractivity contribution in [2.75, 3.05) is 5.32 Å². The van der Waals surface area contributed by atoms with Gasteiger partial charge in [-0.25, -0.2) is 4.98 Å². The van der Waals surface area contributed by atoms with Crippen LogP contribution in [-0.4, -0.2) is 9.91 Å². The molecule has 1 heterocycles. The lowest BCUT2D eigenvalue weighted by Crippen LogP contribution is -1.96. The van der Waals surface area contributed by atoms with Crippen molar-refractivity contribution in [2.45, 2.75) is 0 Å². The number of hydrogen-bond acceptors (Lipinski definition) is 6. The van der Waals surface area contributed by atoms with Crippen LogP contribution in [0, 0.1) is 21.4 Å². The number of nitro benzene ring substituents is 1. The molecule has 6 nitrogen and oxygen atoms in total. The summed E-state index contributed by atoms with van der Waals surface area (Å²) in [6, 6.07) is 13.3. The van der Waals surface area contributed by atoms with Crippen molar-refractivity contribution in [3.8, 4) is 17.3 Å². The molecule has 9 heteroatoms. The minimum Gasteiger partial charge on any atom is -0.355 e. The highest BCUT2D eigenvalue weighted by atomic mass is 35.5. The van der Waals surface area contributed by atoms with Gasteiger partial charge in [0.15, 0.2) is 0 Å². The van der Waals surface area contributed by atoms with Crippen LogP contribution in [0.2, 0.25) is 10.0 Å². The first-order valence-corrected chi connectivity index (χ1v) is 9.14. The molecule has 0 radical (unpaired) electrons. The minimum absolute atomic E-state index is 0.0844. The van der Waals surface area contributed by atoms with Crippen LogP contribution in [0.5, 0.6) is 0 Å². The van der Waals surface area contributed by atoms with Crippen molar-refractivity contribution in [1.82, 2.24) is 4.98 Å². The Kier molecular flexibility index (Phi) is 5.72. The van der Waals surface area contributed by atoms with E-state index < -0.39 is 4.92 Å². The molecular weight excluding hydrogens is 407 g/mol. The smallest absolute Gasteiger partial charge is 0.292 e. The molecule has 0 fully saturated rings. The van der Waals surface area contributed by atoms with Gasteiger partial charge in [0, 0.05) is 28.2 Å². The first-order chi connectivity index (χ1) is 13.0. The number of nitriles is 1. The van der Waals surface area contributed by atoms with Crippen LogP contribution < -0.4 is 5.32 Å². The molecule has 0 bridgehead atoms. The summed E-state index contributed by atoms with van der Waals surface area (Å²) < 4.78 is 0. The van der Waals surface area contributed by atoms with E-state index in [2.05, 4.69) is 10.3 Å². The summed E-state index contributed by atoms with van der Waals surface area (Å²) >= 11 is 13.4. The molecule has 0 aliphatic carbocycles. The van der Waals surface area contributed by atoms with Gasteiger partial charge in [-0.15, -0.1) is 11.3 Å². The first kappa shape index (κ1) is 18.9. The number of benzene rings is 2. The summed E-state index contributed by atoms with van der Waals surface area (Å²) in [5, 5.41) is 26.5. The van der Waals surface area contributed by atoms with Gasteiger partial charge in [0.2, 0.25) is 0 Å². The monoisotopic (exact) mass is 416 g/mol. The molecule has 0 amide bonds. The van der Waals surface area contributed by atoms with E-state index in [1.807, 2.05) is 6.07 Å². The topological polar surface area (TPSA) is 91.8 Å². The van der Waals surface area contributed by atoms with Gasteiger partial charge in [-0.2, -0.15) is 5.26 Å². The number of nitrogens with zero attached hydrogens (tertiary/aromatic N) is 3. The quantitative estimate of drug-likeness (QED) is 0.312. The van der Waals surface area contributed by atoms with Crippen LogP contribution in [0.3, 0.4) is 0 Å². The van der Waals surface area contributed by atoms with E-state index in [4.69, 9.17) is 23.2 Å². The Hall–Kier alpha value is -2.92. The number of para-hydroxylation sites is 2. The maximum absolute atomic E-state index is 11.1. The second kappa shape index (κ2) is 8.18. The molecule has 2 aromatic carbocycles. The molecule has 0 aliphatic rings. The van der Waals surface area contributed by atoms with Gasteiger partial charge in [0.25, 0.3) is 5.69 Å². The maximum atomic E-state index is 11.1. The molecule has 1 aromatic heterocycles. The molecule has 3 rings (SSSR count). The maximum Gasteiger partial charge on any atom is 0.292 e. The van der Waals surface area contributed by atoms with Gasteiger partial charge in [-0.05, 0) is 24.3 Å². The van der Waals surface area contributed by atoms with Crippen molar-refractivity contribution >= 4 is 51.5 Å². The van der Waals surface area contributed by atoms with Crippen molar-refractivity contribution in [3.05, 3.63) is 79.2 Å². The van der Waals surface area contributed by atoms with Crippen LogP contribution in [0.15, 0.2) is 54.0 Å². The van der Waals surface area contributed by atoms with Gasteiger partial charge in [0.05, 0.1) is 15.6 Å². The van der Waals surface area contributed by atoms with E-state index >= 15 is 0 Å². The second-order valence-electron chi connectivity index (χ2n) is 5.25. The molecule has 0 saturated heterocycles. The minimum atomic E-state index is -0.494. The van der Waals surface area contributed by atoms with Crippen molar-refractivity contribution in [1.29, 1.82) is 5.26 Å². The highest BCUT2D eigenvalue weighted by molar-refractivity contribution is 7.11. The summed E-state index contributed by atoms with van der Waals surface area (Å²) in [4.78, 5) is 15.0. The number of allylic oxidation sites excluding steroid dienone is 1. The zero-order valence-electron chi connectivity index (χ0n) is 13.5. The molecule has 27 heavy (non-hydrogen) atoms. The van der Waals surface area contributed by atoms with E-state index in [9.17, 15) is 15.4 Å². The molecule has 1 N–H and O–H groups in total.